The van der Waals surface area contributed by atoms with Gasteiger partial charge in [0.2, 0.25) is 11.8 Å². The van der Waals surface area contributed by atoms with Crippen LogP contribution in [0.5, 0.6) is 0 Å². The maximum absolute atomic E-state index is 12.5. The first kappa shape index (κ1) is 29.2. The normalized spacial score (nSPS) is 21.8. The largest absolute Gasteiger partial charge is 0.392 e. The number of carbonyl (C=O) groups excluding carboxylic acids is 2. The quantitative estimate of drug-likeness (QED) is 0.177. The third-order valence-electron chi connectivity index (χ3n) is 7.40. The predicted octanol–water partition coefficient (Wildman–Crippen LogP) is 4.60. The summed E-state index contributed by atoms with van der Waals surface area (Å²) >= 11 is 0. The third kappa shape index (κ3) is 9.12. The van der Waals surface area contributed by atoms with Crippen molar-refractivity contribution < 1.29 is 29.4 Å². The van der Waals surface area contributed by atoms with Gasteiger partial charge in [-0.3, -0.25) is 14.8 Å². The van der Waals surface area contributed by atoms with Crippen molar-refractivity contribution in [2.45, 2.75) is 82.9 Å². The first-order chi connectivity index (χ1) is 19.0. The molecule has 2 saturated heterocycles. The summed E-state index contributed by atoms with van der Waals surface area (Å²) in [5, 5.41) is 20.9. The van der Waals surface area contributed by atoms with Crippen LogP contribution in [0.25, 0.3) is 0 Å². The van der Waals surface area contributed by atoms with E-state index in [1.54, 1.807) is 5.48 Å². The number of aliphatic hydroxyl groups is 1. The molecule has 2 aliphatic rings. The number of amides is 2. The van der Waals surface area contributed by atoms with Crippen molar-refractivity contribution in [3.63, 3.8) is 0 Å². The molecule has 9 heteroatoms. The summed E-state index contributed by atoms with van der Waals surface area (Å²) in [5.74, 6) is -0.500. The molecule has 0 unspecified atom stereocenters. The smallest absolute Gasteiger partial charge is 0.243 e. The van der Waals surface area contributed by atoms with Crippen LogP contribution in [0.2, 0.25) is 0 Å². The van der Waals surface area contributed by atoms with Gasteiger partial charge in [0.25, 0.3) is 0 Å². The fourth-order valence-electron chi connectivity index (χ4n) is 5.25. The van der Waals surface area contributed by atoms with Crippen LogP contribution in [0.3, 0.4) is 0 Å². The molecule has 0 bridgehead atoms. The lowest BCUT2D eigenvalue weighted by atomic mass is 9.99. The predicted molar refractivity (Wildman–Crippen MR) is 147 cm³/mol. The molecule has 2 aliphatic heterocycles. The van der Waals surface area contributed by atoms with Crippen LogP contribution in [0.15, 0.2) is 48.5 Å². The molecular formula is C30H41N3O6. The van der Waals surface area contributed by atoms with Crippen molar-refractivity contribution in [1.82, 2.24) is 10.4 Å². The molecular weight excluding hydrogens is 498 g/mol. The van der Waals surface area contributed by atoms with Gasteiger partial charge >= 0.3 is 0 Å². The first-order valence-corrected chi connectivity index (χ1v) is 14.1. The van der Waals surface area contributed by atoms with Gasteiger partial charge < -0.3 is 24.8 Å². The number of benzene rings is 2. The second-order valence-electron chi connectivity index (χ2n) is 10.5. The van der Waals surface area contributed by atoms with Gasteiger partial charge in [-0.2, -0.15) is 0 Å². The number of hydrogen-bond acceptors (Lipinski definition) is 7. The Morgan fingerprint density at radius 1 is 0.897 bits per heavy atom. The molecule has 0 saturated carbocycles. The van der Waals surface area contributed by atoms with Crippen molar-refractivity contribution in [3.8, 4) is 0 Å². The zero-order valence-corrected chi connectivity index (χ0v) is 22.5. The Labute approximate surface area is 230 Å². The summed E-state index contributed by atoms with van der Waals surface area (Å²) in [6.45, 7) is 3.06. The van der Waals surface area contributed by atoms with E-state index in [-0.39, 0.29) is 31.1 Å². The lowest BCUT2D eigenvalue weighted by molar-refractivity contribution is -0.253. The third-order valence-corrected chi connectivity index (χ3v) is 7.40. The van der Waals surface area contributed by atoms with Gasteiger partial charge in [0.1, 0.15) is 0 Å². The standard InChI is InChI=1S/C30H41N3O6/c34-21-22-12-14-23(15-13-22)27-19-26(20-33-16-5-2-6-17-33)38-30(39-27)24-8-7-9-25(18-24)31-28(35)10-3-1-4-11-29(36)32-37/h7-9,12-15,18,26-27,30,34,37H,1-6,10-11,16-17,19-21H2,(H,31,35)(H,32,36)/t26-,27+,30+/m1/s1. The fraction of sp³-hybridized carbons (Fsp3) is 0.533. The van der Waals surface area contributed by atoms with Gasteiger partial charge in [-0.15, -0.1) is 0 Å². The lowest BCUT2D eigenvalue weighted by Gasteiger charge is -2.39. The van der Waals surface area contributed by atoms with Gasteiger partial charge in [-0.1, -0.05) is 49.2 Å². The molecule has 4 rings (SSSR count). The van der Waals surface area contributed by atoms with Crippen LogP contribution < -0.4 is 10.8 Å². The van der Waals surface area contributed by atoms with Crippen LogP contribution in [0.1, 0.15) is 86.9 Å². The number of anilines is 1. The van der Waals surface area contributed by atoms with E-state index in [9.17, 15) is 14.7 Å². The Bertz CT molecular complexity index is 1060. The number of ether oxygens (including phenoxy) is 2. The molecule has 2 heterocycles. The average Bonchev–Trinajstić information content (AvgIpc) is 2.97. The Kier molecular flexibility index (Phi) is 11.3. The van der Waals surface area contributed by atoms with Gasteiger partial charge in [-0.25, -0.2) is 5.48 Å². The molecule has 212 valence electrons. The van der Waals surface area contributed by atoms with E-state index in [4.69, 9.17) is 14.7 Å². The van der Waals surface area contributed by atoms with Gasteiger partial charge in [0.15, 0.2) is 6.29 Å². The molecule has 2 fully saturated rings. The SMILES string of the molecule is O=C(CCCCCC(=O)Nc1cccc([C@H]2O[C@@H](CN3CCCCC3)C[C@@H](c3ccc(CO)cc3)O2)c1)NO. The average molecular weight is 540 g/mol. The van der Waals surface area contributed by atoms with E-state index in [0.29, 0.717) is 24.9 Å². The maximum atomic E-state index is 12.5. The number of hydrogen-bond donors (Lipinski definition) is 4. The van der Waals surface area contributed by atoms with Crippen molar-refractivity contribution in [2.75, 3.05) is 25.0 Å². The highest BCUT2D eigenvalue weighted by Gasteiger charge is 2.33. The number of unbranched alkanes of at least 4 members (excludes halogenated alkanes) is 2. The molecule has 2 aromatic rings. The number of piperidine rings is 1. The van der Waals surface area contributed by atoms with Gasteiger partial charge in [0, 0.05) is 37.1 Å². The van der Waals surface area contributed by atoms with E-state index in [1.807, 2.05) is 48.5 Å². The number of aliphatic hydroxyl groups excluding tert-OH is 1. The molecule has 4 N–H and O–H groups in total. The van der Waals surface area contributed by atoms with Crippen LogP contribution in [-0.4, -0.2) is 52.8 Å². The van der Waals surface area contributed by atoms with Crippen LogP contribution in [-0.2, 0) is 25.7 Å². The highest BCUT2D eigenvalue weighted by Crippen LogP contribution is 2.38. The van der Waals surface area contributed by atoms with Crippen molar-refractivity contribution in [1.29, 1.82) is 0 Å². The second-order valence-corrected chi connectivity index (χ2v) is 10.5. The molecule has 0 aliphatic carbocycles. The summed E-state index contributed by atoms with van der Waals surface area (Å²) in [5.41, 5.74) is 5.08. The van der Waals surface area contributed by atoms with E-state index < -0.39 is 12.2 Å². The summed E-state index contributed by atoms with van der Waals surface area (Å²) < 4.78 is 13.0. The summed E-state index contributed by atoms with van der Waals surface area (Å²) in [6, 6.07) is 15.5. The maximum Gasteiger partial charge on any atom is 0.243 e. The summed E-state index contributed by atoms with van der Waals surface area (Å²) in [7, 11) is 0. The van der Waals surface area contributed by atoms with Gasteiger partial charge in [0.05, 0.1) is 18.8 Å². The number of nitrogens with zero attached hydrogens (tertiary/aromatic N) is 1. The lowest BCUT2D eigenvalue weighted by Crippen LogP contribution is -2.41. The Morgan fingerprint density at radius 2 is 1.64 bits per heavy atom. The van der Waals surface area contributed by atoms with Crippen LogP contribution in [0.4, 0.5) is 5.69 Å². The summed E-state index contributed by atoms with van der Waals surface area (Å²) in [6.07, 6.45) is 6.38. The minimum Gasteiger partial charge on any atom is -0.392 e. The minimum absolute atomic E-state index is 0.00844. The number of rotatable bonds is 12. The van der Waals surface area contributed by atoms with E-state index in [2.05, 4.69) is 10.2 Å². The van der Waals surface area contributed by atoms with E-state index in [0.717, 1.165) is 49.2 Å². The zero-order valence-electron chi connectivity index (χ0n) is 22.5. The number of carbonyl (C=O) groups is 2. The molecule has 0 aromatic heterocycles. The van der Waals surface area contributed by atoms with Crippen molar-refractivity contribution in [3.05, 3.63) is 65.2 Å². The monoisotopic (exact) mass is 539 g/mol. The van der Waals surface area contributed by atoms with E-state index >= 15 is 0 Å². The number of nitrogens with one attached hydrogen (secondary N) is 2. The molecule has 3 atom stereocenters. The number of likely N-dealkylation sites (tertiary alicyclic amines) is 1. The zero-order chi connectivity index (χ0) is 27.5. The summed E-state index contributed by atoms with van der Waals surface area (Å²) in [4.78, 5) is 26.1. The number of hydroxylamine groups is 1. The topological polar surface area (TPSA) is 120 Å². The van der Waals surface area contributed by atoms with E-state index in [1.165, 1.54) is 19.3 Å². The van der Waals surface area contributed by atoms with Crippen LogP contribution >= 0.6 is 0 Å². The molecule has 2 aromatic carbocycles. The molecule has 0 spiro atoms. The second kappa shape index (κ2) is 15.1. The van der Waals surface area contributed by atoms with Crippen molar-refractivity contribution >= 4 is 17.5 Å². The Morgan fingerprint density at radius 3 is 2.36 bits per heavy atom. The molecule has 39 heavy (non-hydrogen) atoms. The highest BCUT2D eigenvalue weighted by molar-refractivity contribution is 5.90. The van der Waals surface area contributed by atoms with Crippen molar-refractivity contribution in [2.24, 2.45) is 0 Å². The molecule has 9 nitrogen and oxygen atoms in total. The van der Waals surface area contributed by atoms with Gasteiger partial charge in [-0.05, 0) is 62.0 Å². The van der Waals surface area contributed by atoms with Crippen LogP contribution in [0, 0.1) is 0 Å². The molecule has 2 amide bonds. The Balaban J connectivity index is 1.39. The molecule has 0 radical (unpaired) electrons. The Hall–Kier alpha value is -2.82. The first-order valence-electron chi connectivity index (χ1n) is 14.1. The fourth-order valence-corrected chi connectivity index (χ4v) is 5.25. The minimum atomic E-state index is -0.564. The highest BCUT2D eigenvalue weighted by atomic mass is 16.7.